The number of hydrogen-bond donors (Lipinski definition) is 0. The first-order valence-corrected chi connectivity index (χ1v) is 21.8. The van der Waals surface area contributed by atoms with Crippen molar-refractivity contribution in [2.45, 2.75) is 38.0 Å². The lowest BCUT2D eigenvalue weighted by Gasteiger charge is -2.29. The van der Waals surface area contributed by atoms with Gasteiger partial charge in [0.2, 0.25) is 0 Å². The molecule has 1 saturated carbocycles. The van der Waals surface area contributed by atoms with Crippen LogP contribution in [0.25, 0.3) is 82.5 Å². The zero-order chi connectivity index (χ0) is 40.3. The molecule has 1 aliphatic carbocycles. The molecule has 1 aliphatic rings. The molecule has 0 N–H and O–H groups in total. The van der Waals surface area contributed by atoms with Crippen LogP contribution in [0.1, 0.15) is 43.6 Å². The number of furan rings is 1. The maximum absolute atomic E-state index is 6.51. The Hall–Kier alpha value is -7.36. The summed E-state index contributed by atoms with van der Waals surface area (Å²) in [7, 11) is 0. The van der Waals surface area contributed by atoms with Crippen molar-refractivity contribution in [3.05, 3.63) is 206 Å². The van der Waals surface area contributed by atoms with E-state index in [1.807, 2.05) is 6.07 Å². The molecule has 61 heavy (non-hydrogen) atoms. The van der Waals surface area contributed by atoms with Crippen molar-refractivity contribution in [2.75, 3.05) is 4.90 Å². The molecule has 292 valence electrons. The topological polar surface area (TPSA) is 21.3 Å². The van der Waals surface area contributed by atoms with Crippen molar-refractivity contribution < 1.29 is 4.42 Å². The van der Waals surface area contributed by atoms with Gasteiger partial charge in [0.05, 0.1) is 16.7 Å². The molecule has 0 spiro atoms. The van der Waals surface area contributed by atoms with E-state index >= 15 is 0 Å². The number of nitrogens with zero attached hydrogens (tertiary/aromatic N) is 2. The highest BCUT2D eigenvalue weighted by Gasteiger charge is 2.24. The van der Waals surface area contributed by atoms with Crippen LogP contribution in [0.5, 0.6) is 0 Å². The van der Waals surface area contributed by atoms with Crippen molar-refractivity contribution >= 4 is 71.6 Å². The van der Waals surface area contributed by atoms with Crippen LogP contribution in [0, 0.1) is 0 Å². The summed E-state index contributed by atoms with van der Waals surface area (Å²) < 4.78 is 8.90. The summed E-state index contributed by atoms with van der Waals surface area (Å²) in [6.07, 6.45) is 6.46. The Balaban J connectivity index is 1.07. The Labute approximate surface area is 355 Å². The number of para-hydroxylation sites is 5. The Morgan fingerprint density at radius 2 is 1.11 bits per heavy atom. The summed E-state index contributed by atoms with van der Waals surface area (Å²) >= 11 is 0. The summed E-state index contributed by atoms with van der Waals surface area (Å²) in [4.78, 5) is 2.47. The maximum Gasteiger partial charge on any atom is 0.143 e. The second-order valence-corrected chi connectivity index (χ2v) is 16.7. The molecule has 0 saturated heterocycles. The van der Waals surface area contributed by atoms with E-state index < -0.39 is 0 Å². The van der Waals surface area contributed by atoms with Crippen LogP contribution in [0.4, 0.5) is 17.1 Å². The summed E-state index contributed by atoms with van der Waals surface area (Å²) in [6.45, 7) is 0. The first-order chi connectivity index (χ1) is 30.3. The number of hydrogen-bond acceptors (Lipinski definition) is 2. The van der Waals surface area contributed by atoms with Gasteiger partial charge in [-0.15, -0.1) is 0 Å². The number of benzene rings is 9. The van der Waals surface area contributed by atoms with E-state index in [1.165, 1.54) is 81.4 Å². The Kier molecular flexibility index (Phi) is 8.59. The molecule has 3 heteroatoms. The van der Waals surface area contributed by atoms with Crippen LogP contribution in [0.2, 0.25) is 0 Å². The van der Waals surface area contributed by atoms with Crippen LogP contribution >= 0.6 is 0 Å². The van der Waals surface area contributed by atoms with E-state index in [1.54, 1.807) is 0 Å². The van der Waals surface area contributed by atoms with Crippen molar-refractivity contribution in [3.63, 3.8) is 0 Å². The van der Waals surface area contributed by atoms with E-state index in [0.717, 1.165) is 55.8 Å². The molecule has 2 aromatic heterocycles. The molecule has 0 atom stereocenters. The molecule has 12 rings (SSSR count). The fourth-order valence-electron chi connectivity index (χ4n) is 10.4. The molecule has 1 fully saturated rings. The average Bonchev–Trinajstić information content (AvgIpc) is 3.88. The van der Waals surface area contributed by atoms with E-state index in [-0.39, 0.29) is 0 Å². The minimum absolute atomic E-state index is 0.579. The number of rotatable bonds is 7. The van der Waals surface area contributed by atoms with Gasteiger partial charge in [0.1, 0.15) is 11.2 Å². The van der Waals surface area contributed by atoms with Gasteiger partial charge in [0.25, 0.3) is 0 Å². The Bertz CT molecular complexity index is 3400. The van der Waals surface area contributed by atoms with Gasteiger partial charge in [-0.2, -0.15) is 0 Å². The molecular formula is C58H44N2O. The zero-order valence-corrected chi connectivity index (χ0v) is 34.0. The molecule has 0 aliphatic heterocycles. The molecule has 0 amide bonds. The minimum Gasteiger partial charge on any atom is -0.455 e. The lowest BCUT2D eigenvalue weighted by atomic mass is 9.80. The van der Waals surface area contributed by atoms with E-state index in [4.69, 9.17) is 4.42 Å². The summed E-state index contributed by atoms with van der Waals surface area (Å²) in [5, 5.41) is 7.43. The largest absolute Gasteiger partial charge is 0.455 e. The van der Waals surface area contributed by atoms with Gasteiger partial charge in [-0.3, -0.25) is 0 Å². The van der Waals surface area contributed by atoms with Crippen LogP contribution < -0.4 is 4.90 Å². The van der Waals surface area contributed by atoms with Crippen LogP contribution in [0.15, 0.2) is 205 Å². The van der Waals surface area contributed by atoms with Crippen molar-refractivity contribution in [2.24, 2.45) is 0 Å². The Morgan fingerprint density at radius 3 is 1.98 bits per heavy atom. The van der Waals surface area contributed by atoms with Crippen LogP contribution in [0.3, 0.4) is 0 Å². The maximum atomic E-state index is 6.51. The Morgan fingerprint density at radius 1 is 0.459 bits per heavy atom. The number of aromatic nitrogens is 1. The second kappa shape index (κ2) is 14.7. The smallest absolute Gasteiger partial charge is 0.143 e. The number of fused-ring (bicyclic) bond motifs is 7. The number of anilines is 3. The van der Waals surface area contributed by atoms with Gasteiger partial charge in [-0.05, 0) is 107 Å². The fraction of sp³-hybridized carbons (Fsp3) is 0.103. The van der Waals surface area contributed by atoms with Gasteiger partial charge < -0.3 is 13.9 Å². The third kappa shape index (κ3) is 5.95. The molecule has 0 unspecified atom stereocenters. The molecular weight excluding hydrogens is 741 g/mol. The molecule has 11 aromatic rings. The molecule has 2 heterocycles. The predicted octanol–water partition coefficient (Wildman–Crippen LogP) is 16.7. The standard InChI is InChI=1S/C58H44N2O/c1-3-16-39(17-4-1)45-25-13-18-41-19-14-27-50(57(41)45)47-22-7-10-29-53(47)59(43-34-32-40(33-35-43)46-26-15-28-51-49-24-9-12-31-56(49)61-58(46)51)44-36-37-55-52(38-44)48-23-8-11-30-54(48)60(55)42-20-5-2-6-21-42/h2,5-15,18-39H,1,3-4,16-17H2. The summed E-state index contributed by atoms with van der Waals surface area (Å²) in [5.41, 5.74) is 14.9. The molecule has 3 nitrogen and oxygen atoms in total. The highest BCUT2D eigenvalue weighted by Crippen LogP contribution is 2.47. The third-order valence-electron chi connectivity index (χ3n) is 13.2. The lowest BCUT2D eigenvalue weighted by Crippen LogP contribution is -2.11. The van der Waals surface area contributed by atoms with E-state index in [9.17, 15) is 0 Å². The van der Waals surface area contributed by atoms with Crippen molar-refractivity contribution in [3.8, 4) is 27.9 Å². The first kappa shape index (κ1) is 35.6. The zero-order valence-electron chi connectivity index (χ0n) is 34.0. The highest BCUT2D eigenvalue weighted by atomic mass is 16.3. The van der Waals surface area contributed by atoms with Gasteiger partial charge in [-0.1, -0.05) is 159 Å². The molecule has 0 bridgehead atoms. The summed E-state index contributed by atoms with van der Waals surface area (Å²) in [6, 6.07) is 73.2. The van der Waals surface area contributed by atoms with Gasteiger partial charge in [-0.25, -0.2) is 0 Å². The van der Waals surface area contributed by atoms with E-state index in [2.05, 4.69) is 204 Å². The van der Waals surface area contributed by atoms with E-state index in [0.29, 0.717) is 5.92 Å². The quantitative estimate of drug-likeness (QED) is 0.161. The second-order valence-electron chi connectivity index (χ2n) is 16.7. The lowest BCUT2D eigenvalue weighted by molar-refractivity contribution is 0.445. The summed E-state index contributed by atoms with van der Waals surface area (Å²) in [5.74, 6) is 0.579. The van der Waals surface area contributed by atoms with Gasteiger partial charge >= 0.3 is 0 Å². The molecule has 0 radical (unpaired) electrons. The van der Waals surface area contributed by atoms with Crippen LogP contribution in [-0.2, 0) is 0 Å². The fourth-order valence-corrected chi connectivity index (χ4v) is 10.4. The van der Waals surface area contributed by atoms with Crippen LogP contribution in [-0.4, -0.2) is 4.57 Å². The normalized spacial score (nSPS) is 13.5. The minimum atomic E-state index is 0.579. The first-order valence-electron chi connectivity index (χ1n) is 21.8. The average molecular weight is 785 g/mol. The van der Waals surface area contributed by atoms with Crippen molar-refractivity contribution in [1.29, 1.82) is 0 Å². The van der Waals surface area contributed by atoms with Crippen molar-refractivity contribution in [1.82, 2.24) is 4.57 Å². The monoisotopic (exact) mass is 784 g/mol. The molecule has 9 aromatic carbocycles. The SMILES string of the molecule is c1ccc(-n2c3ccccc3c3cc(N(c4ccc(-c5cccc6c5oc5ccccc56)cc4)c4ccccc4-c4cccc5cccc(C6CCCCC6)c45)ccc32)cc1. The predicted molar refractivity (Wildman–Crippen MR) is 257 cm³/mol. The highest BCUT2D eigenvalue weighted by molar-refractivity contribution is 6.12. The van der Waals surface area contributed by atoms with Gasteiger partial charge in [0.15, 0.2) is 0 Å². The third-order valence-corrected chi connectivity index (χ3v) is 13.2. The van der Waals surface area contributed by atoms with Gasteiger partial charge in [0, 0.05) is 49.7 Å².